The molecule has 3 nitrogen and oxygen atoms in total. The van der Waals surface area contributed by atoms with Crippen LogP contribution in [0.2, 0.25) is 0 Å². The molecule has 0 fully saturated rings. The fraction of sp³-hybridized carbons (Fsp3) is 0.625. The molecule has 1 aromatic heterocycles. The molecule has 0 aromatic carbocycles. The van der Waals surface area contributed by atoms with Crippen molar-refractivity contribution in [2.24, 2.45) is 5.73 Å². The molecule has 0 amide bonds. The Morgan fingerprint density at radius 3 is 2.92 bits per heavy atom. The van der Waals surface area contributed by atoms with Crippen LogP contribution in [0.1, 0.15) is 20.3 Å². The number of thiazole rings is 1. The topological polar surface area (TPSA) is 50.9 Å². The lowest BCUT2D eigenvalue weighted by molar-refractivity contribution is 0.526. The quantitative estimate of drug-likeness (QED) is 0.750. The van der Waals surface area contributed by atoms with Gasteiger partial charge in [-0.2, -0.15) is 0 Å². The van der Waals surface area contributed by atoms with Gasteiger partial charge in [0.1, 0.15) is 0 Å². The van der Waals surface area contributed by atoms with Gasteiger partial charge in [0.05, 0.1) is 0 Å². The summed E-state index contributed by atoms with van der Waals surface area (Å²) in [4.78, 5) is 4.15. The van der Waals surface area contributed by atoms with Gasteiger partial charge in [0, 0.05) is 17.1 Å². The maximum Gasteiger partial charge on any atom is 0.182 e. The Balaban J connectivity index is 2.50. The van der Waals surface area contributed by atoms with Gasteiger partial charge in [0.2, 0.25) is 0 Å². The highest BCUT2D eigenvalue weighted by molar-refractivity contribution is 7.13. The van der Waals surface area contributed by atoms with Gasteiger partial charge >= 0.3 is 0 Å². The van der Waals surface area contributed by atoms with Crippen molar-refractivity contribution in [3.8, 4) is 0 Å². The highest BCUT2D eigenvalue weighted by Crippen LogP contribution is 2.18. The molecule has 0 aliphatic heterocycles. The van der Waals surface area contributed by atoms with Crippen molar-refractivity contribution in [2.75, 3.05) is 11.9 Å². The van der Waals surface area contributed by atoms with Crippen LogP contribution in [0.5, 0.6) is 0 Å². The van der Waals surface area contributed by atoms with Crippen LogP contribution in [0.4, 0.5) is 5.13 Å². The Morgan fingerprint density at radius 2 is 2.42 bits per heavy atom. The van der Waals surface area contributed by atoms with Gasteiger partial charge in [-0.25, -0.2) is 4.98 Å². The van der Waals surface area contributed by atoms with E-state index in [-0.39, 0.29) is 5.54 Å². The molecular formula is C8H15N3S. The van der Waals surface area contributed by atoms with Crippen LogP contribution in [0, 0.1) is 0 Å². The minimum Gasteiger partial charge on any atom is -0.357 e. The molecule has 0 saturated carbocycles. The van der Waals surface area contributed by atoms with Gasteiger partial charge in [0.15, 0.2) is 5.13 Å². The zero-order valence-corrected chi connectivity index (χ0v) is 8.32. The number of hydrogen-bond donors (Lipinski definition) is 2. The minimum absolute atomic E-state index is 0.0482. The van der Waals surface area contributed by atoms with Gasteiger partial charge in [-0.1, -0.05) is 0 Å². The van der Waals surface area contributed by atoms with Gasteiger partial charge in [-0.3, -0.25) is 0 Å². The van der Waals surface area contributed by atoms with Crippen LogP contribution < -0.4 is 11.1 Å². The van der Waals surface area contributed by atoms with Crippen molar-refractivity contribution in [1.29, 1.82) is 0 Å². The lowest BCUT2D eigenvalue weighted by atomic mass is 10.0. The van der Waals surface area contributed by atoms with E-state index in [0.717, 1.165) is 11.6 Å². The molecular weight excluding hydrogens is 170 g/mol. The predicted octanol–water partition coefficient (Wildman–Crippen LogP) is 1.68. The largest absolute Gasteiger partial charge is 0.357 e. The summed E-state index contributed by atoms with van der Waals surface area (Å²) in [6, 6.07) is 0. The van der Waals surface area contributed by atoms with Crippen LogP contribution in [0.3, 0.4) is 0 Å². The number of rotatable bonds is 4. The normalized spacial score (nSPS) is 11.6. The molecule has 1 rings (SSSR count). The second-order valence-corrected chi connectivity index (χ2v) is 4.28. The first kappa shape index (κ1) is 9.48. The van der Waals surface area contributed by atoms with Crippen LogP contribution in [0.25, 0.3) is 0 Å². The zero-order chi connectivity index (χ0) is 9.03. The third-order valence-corrected chi connectivity index (χ3v) is 2.34. The minimum atomic E-state index is 0.0482. The first-order valence-electron chi connectivity index (χ1n) is 4.02. The van der Waals surface area contributed by atoms with E-state index in [9.17, 15) is 0 Å². The van der Waals surface area contributed by atoms with Crippen molar-refractivity contribution in [3.05, 3.63) is 11.6 Å². The molecule has 0 unspecified atom stereocenters. The maximum absolute atomic E-state index is 5.49. The predicted molar refractivity (Wildman–Crippen MR) is 53.5 cm³/mol. The second kappa shape index (κ2) is 3.87. The number of hydrogen-bond acceptors (Lipinski definition) is 4. The summed E-state index contributed by atoms with van der Waals surface area (Å²) >= 11 is 1.61. The van der Waals surface area contributed by atoms with E-state index in [1.54, 1.807) is 17.5 Å². The molecule has 0 bridgehead atoms. The van der Waals surface area contributed by atoms with E-state index < -0.39 is 0 Å². The van der Waals surface area contributed by atoms with E-state index >= 15 is 0 Å². The highest BCUT2D eigenvalue weighted by atomic mass is 32.1. The molecule has 0 aliphatic carbocycles. The maximum atomic E-state index is 5.49. The van der Waals surface area contributed by atoms with Crippen molar-refractivity contribution in [2.45, 2.75) is 25.8 Å². The molecule has 0 saturated heterocycles. The Bertz CT molecular complexity index is 218. The highest BCUT2D eigenvalue weighted by Gasteiger charge is 2.16. The molecule has 1 heterocycles. The van der Waals surface area contributed by atoms with E-state index in [1.165, 1.54) is 0 Å². The monoisotopic (exact) mass is 185 g/mol. The van der Waals surface area contributed by atoms with Gasteiger partial charge < -0.3 is 11.1 Å². The Morgan fingerprint density at radius 1 is 1.67 bits per heavy atom. The van der Waals surface area contributed by atoms with Crippen LogP contribution in [0.15, 0.2) is 11.6 Å². The summed E-state index contributed by atoms with van der Waals surface area (Å²) in [6.07, 6.45) is 2.75. The Hall–Kier alpha value is -0.610. The van der Waals surface area contributed by atoms with E-state index in [4.69, 9.17) is 5.73 Å². The standard InChI is InChI=1S/C8H15N3S/c1-8(2,3-4-9)11-7-10-5-6-12-7/h5-6H,3-4,9H2,1-2H3,(H,10,11). The molecule has 1 aromatic rings. The summed E-state index contributed by atoms with van der Waals surface area (Å²) in [5, 5.41) is 6.25. The van der Waals surface area contributed by atoms with E-state index in [2.05, 4.69) is 24.1 Å². The zero-order valence-electron chi connectivity index (χ0n) is 7.50. The molecule has 68 valence electrons. The van der Waals surface area contributed by atoms with Crippen molar-refractivity contribution >= 4 is 16.5 Å². The van der Waals surface area contributed by atoms with Crippen LogP contribution in [-0.4, -0.2) is 17.1 Å². The molecule has 3 N–H and O–H groups in total. The van der Waals surface area contributed by atoms with Gasteiger partial charge in [0.25, 0.3) is 0 Å². The van der Waals surface area contributed by atoms with Crippen LogP contribution >= 0.6 is 11.3 Å². The number of nitrogens with zero attached hydrogens (tertiary/aromatic N) is 1. The average Bonchev–Trinajstić information content (AvgIpc) is 2.38. The van der Waals surface area contributed by atoms with Crippen LogP contribution in [-0.2, 0) is 0 Å². The van der Waals surface area contributed by atoms with Gasteiger partial charge in [-0.15, -0.1) is 11.3 Å². The first-order valence-corrected chi connectivity index (χ1v) is 4.90. The Kier molecular flexibility index (Phi) is 3.05. The first-order chi connectivity index (χ1) is 5.64. The number of nitrogens with two attached hydrogens (primary N) is 1. The summed E-state index contributed by atoms with van der Waals surface area (Å²) in [5.74, 6) is 0. The molecule has 4 heteroatoms. The SMILES string of the molecule is CC(C)(CCN)Nc1nccs1. The molecule has 0 spiro atoms. The second-order valence-electron chi connectivity index (χ2n) is 3.38. The number of nitrogens with one attached hydrogen (secondary N) is 1. The number of anilines is 1. The average molecular weight is 185 g/mol. The lowest BCUT2D eigenvalue weighted by Crippen LogP contribution is -2.33. The van der Waals surface area contributed by atoms with E-state index in [1.807, 2.05) is 5.38 Å². The molecule has 12 heavy (non-hydrogen) atoms. The molecule has 0 atom stereocenters. The van der Waals surface area contributed by atoms with Gasteiger partial charge in [-0.05, 0) is 26.8 Å². The Labute approximate surface area is 77.0 Å². The summed E-state index contributed by atoms with van der Waals surface area (Å²) < 4.78 is 0. The number of aromatic nitrogens is 1. The fourth-order valence-electron chi connectivity index (χ4n) is 0.998. The van der Waals surface area contributed by atoms with Crippen molar-refractivity contribution < 1.29 is 0 Å². The smallest absolute Gasteiger partial charge is 0.182 e. The summed E-state index contributed by atoms with van der Waals surface area (Å²) in [5.41, 5.74) is 5.53. The summed E-state index contributed by atoms with van der Waals surface area (Å²) in [7, 11) is 0. The lowest BCUT2D eigenvalue weighted by Gasteiger charge is -2.24. The third kappa shape index (κ3) is 2.79. The fourth-order valence-corrected chi connectivity index (χ4v) is 1.71. The van der Waals surface area contributed by atoms with Crippen molar-refractivity contribution in [1.82, 2.24) is 4.98 Å². The van der Waals surface area contributed by atoms with Crippen molar-refractivity contribution in [3.63, 3.8) is 0 Å². The molecule has 0 aliphatic rings. The molecule has 0 radical (unpaired) electrons. The van der Waals surface area contributed by atoms with E-state index in [0.29, 0.717) is 6.54 Å². The third-order valence-electron chi connectivity index (χ3n) is 1.65. The summed E-state index contributed by atoms with van der Waals surface area (Å²) in [6.45, 7) is 4.95.